The van der Waals surface area contributed by atoms with Gasteiger partial charge in [-0.25, -0.2) is 0 Å². The lowest BCUT2D eigenvalue weighted by atomic mass is 9.94. The van der Waals surface area contributed by atoms with E-state index in [1.54, 1.807) is 0 Å². The molecule has 23 heavy (non-hydrogen) atoms. The zero-order chi connectivity index (χ0) is 18.4. The van der Waals surface area contributed by atoms with Crippen LogP contribution in [0, 0.1) is 11.8 Å². The predicted molar refractivity (Wildman–Crippen MR) is 93.7 cm³/mol. The summed E-state index contributed by atoms with van der Waals surface area (Å²) in [4.78, 5) is 22.4. The SMILES string of the molecule is CC(=O)OC[C@H](C)[C@@H](OC(C)=O)[C@H](C)CO[Si](C)(C)C(C)(C)C. The van der Waals surface area contributed by atoms with Gasteiger partial charge in [-0.05, 0) is 18.1 Å². The van der Waals surface area contributed by atoms with Gasteiger partial charge < -0.3 is 13.9 Å². The third-order valence-corrected chi connectivity index (χ3v) is 8.99. The average molecular weight is 347 g/mol. The van der Waals surface area contributed by atoms with Gasteiger partial charge in [0.2, 0.25) is 0 Å². The Morgan fingerprint density at radius 1 is 0.957 bits per heavy atom. The van der Waals surface area contributed by atoms with E-state index in [9.17, 15) is 9.59 Å². The molecule has 0 fully saturated rings. The van der Waals surface area contributed by atoms with E-state index in [2.05, 4.69) is 33.9 Å². The van der Waals surface area contributed by atoms with Crippen molar-refractivity contribution in [1.82, 2.24) is 0 Å². The standard InChI is InChI=1S/C17H34O5Si/c1-12(10-20-14(3)18)16(22-15(4)19)13(2)11-21-23(8,9)17(5,6)7/h12-13,16H,10-11H2,1-9H3/t12-,13+,16+/m0/s1. The minimum absolute atomic E-state index is 0.0265. The summed E-state index contributed by atoms with van der Waals surface area (Å²) >= 11 is 0. The Balaban J connectivity index is 4.84. The summed E-state index contributed by atoms with van der Waals surface area (Å²) in [6.07, 6.45) is -0.336. The Morgan fingerprint density at radius 2 is 1.43 bits per heavy atom. The van der Waals surface area contributed by atoms with Crippen molar-refractivity contribution < 1.29 is 23.5 Å². The summed E-state index contributed by atoms with van der Waals surface area (Å²) in [5.41, 5.74) is 0. The first-order valence-corrected chi connectivity index (χ1v) is 11.1. The number of ether oxygens (including phenoxy) is 2. The minimum Gasteiger partial charge on any atom is -0.465 e. The van der Waals surface area contributed by atoms with Crippen LogP contribution in [0.4, 0.5) is 0 Å². The van der Waals surface area contributed by atoms with E-state index >= 15 is 0 Å². The van der Waals surface area contributed by atoms with E-state index < -0.39 is 8.32 Å². The molecule has 3 atom stereocenters. The van der Waals surface area contributed by atoms with E-state index in [-0.39, 0.29) is 41.5 Å². The quantitative estimate of drug-likeness (QED) is 0.494. The lowest BCUT2D eigenvalue weighted by molar-refractivity contribution is -0.156. The van der Waals surface area contributed by atoms with Crippen molar-refractivity contribution in [2.75, 3.05) is 13.2 Å². The van der Waals surface area contributed by atoms with Crippen LogP contribution in [0.25, 0.3) is 0 Å². The molecule has 0 aromatic carbocycles. The van der Waals surface area contributed by atoms with Crippen LogP contribution in [-0.4, -0.2) is 39.6 Å². The number of carbonyl (C=O) groups is 2. The molecule has 0 aliphatic carbocycles. The zero-order valence-corrected chi connectivity index (χ0v) is 17.2. The molecule has 136 valence electrons. The monoisotopic (exact) mass is 346 g/mol. The van der Waals surface area contributed by atoms with Gasteiger partial charge in [0, 0.05) is 32.3 Å². The summed E-state index contributed by atoms with van der Waals surface area (Å²) in [7, 11) is -1.85. The first-order chi connectivity index (χ1) is 10.3. The maximum atomic E-state index is 11.4. The topological polar surface area (TPSA) is 61.8 Å². The highest BCUT2D eigenvalue weighted by Gasteiger charge is 2.38. The van der Waals surface area contributed by atoms with E-state index in [1.165, 1.54) is 13.8 Å². The molecule has 0 saturated carbocycles. The van der Waals surface area contributed by atoms with Gasteiger partial charge in [-0.15, -0.1) is 0 Å². The molecule has 0 saturated heterocycles. The lowest BCUT2D eigenvalue weighted by Gasteiger charge is -2.38. The maximum Gasteiger partial charge on any atom is 0.302 e. The Bertz CT molecular complexity index is 400. The van der Waals surface area contributed by atoms with Crippen molar-refractivity contribution in [1.29, 1.82) is 0 Å². The van der Waals surface area contributed by atoms with Gasteiger partial charge in [0.05, 0.1) is 6.61 Å². The number of rotatable bonds is 8. The van der Waals surface area contributed by atoms with Crippen molar-refractivity contribution in [3.8, 4) is 0 Å². The zero-order valence-electron chi connectivity index (χ0n) is 16.2. The van der Waals surface area contributed by atoms with Gasteiger partial charge in [0.15, 0.2) is 8.32 Å². The van der Waals surface area contributed by atoms with Crippen LogP contribution >= 0.6 is 0 Å². The molecule has 0 bridgehead atoms. The van der Waals surface area contributed by atoms with E-state index in [1.807, 2.05) is 13.8 Å². The summed E-state index contributed by atoms with van der Waals surface area (Å²) in [5.74, 6) is -0.716. The fraction of sp³-hybridized carbons (Fsp3) is 0.882. The van der Waals surface area contributed by atoms with Crippen LogP contribution in [0.5, 0.6) is 0 Å². The highest BCUT2D eigenvalue weighted by Crippen LogP contribution is 2.37. The number of hydrogen-bond acceptors (Lipinski definition) is 5. The molecule has 0 heterocycles. The van der Waals surface area contributed by atoms with Crippen LogP contribution in [0.3, 0.4) is 0 Å². The van der Waals surface area contributed by atoms with Gasteiger partial charge in [-0.1, -0.05) is 34.6 Å². The lowest BCUT2D eigenvalue weighted by Crippen LogP contribution is -2.44. The highest BCUT2D eigenvalue weighted by atomic mass is 28.4. The van der Waals surface area contributed by atoms with Gasteiger partial charge in [-0.2, -0.15) is 0 Å². The number of esters is 2. The molecule has 0 aliphatic rings. The fourth-order valence-electron chi connectivity index (χ4n) is 1.98. The van der Waals surface area contributed by atoms with Gasteiger partial charge in [-0.3, -0.25) is 9.59 Å². The summed E-state index contributed by atoms with van der Waals surface area (Å²) in [6.45, 7) is 18.4. The van der Waals surface area contributed by atoms with Crippen LogP contribution in [0.15, 0.2) is 0 Å². The van der Waals surface area contributed by atoms with Crippen LogP contribution in [0.1, 0.15) is 48.5 Å². The largest absolute Gasteiger partial charge is 0.465 e. The first-order valence-electron chi connectivity index (χ1n) is 8.22. The molecule has 0 spiro atoms. The molecular weight excluding hydrogens is 312 g/mol. The molecule has 0 unspecified atom stereocenters. The molecular formula is C17H34O5Si. The van der Waals surface area contributed by atoms with Gasteiger partial charge >= 0.3 is 11.9 Å². The Hall–Kier alpha value is -0.883. The average Bonchev–Trinajstić information content (AvgIpc) is 2.38. The summed E-state index contributed by atoms with van der Waals surface area (Å²) in [5, 5.41) is 0.132. The van der Waals surface area contributed by atoms with Crippen molar-refractivity contribution >= 4 is 20.3 Å². The van der Waals surface area contributed by atoms with Crippen molar-refractivity contribution in [2.24, 2.45) is 11.8 Å². The minimum atomic E-state index is -1.85. The second kappa shape index (κ2) is 8.83. The normalized spacial score (nSPS) is 16.4. The molecule has 0 N–H and O–H groups in total. The Morgan fingerprint density at radius 3 is 1.83 bits per heavy atom. The third kappa shape index (κ3) is 7.97. The van der Waals surface area contributed by atoms with Crippen molar-refractivity contribution in [3.63, 3.8) is 0 Å². The van der Waals surface area contributed by atoms with Crippen LogP contribution in [0.2, 0.25) is 18.1 Å². The maximum absolute atomic E-state index is 11.4. The second-order valence-electron chi connectivity index (χ2n) is 7.90. The van der Waals surface area contributed by atoms with Crippen molar-refractivity contribution in [3.05, 3.63) is 0 Å². The summed E-state index contributed by atoms with van der Waals surface area (Å²) < 4.78 is 16.7. The second-order valence-corrected chi connectivity index (χ2v) is 12.7. The highest BCUT2D eigenvalue weighted by molar-refractivity contribution is 6.74. The van der Waals surface area contributed by atoms with E-state index in [4.69, 9.17) is 13.9 Å². The Kier molecular flexibility index (Phi) is 8.49. The predicted octanol–water partition coefficient (Wildman–Crippen LogP) is 3.78. The van der Waals surface area contributed by atoms with Gasteiger partial charge in [0.25, 0.3) is 0 Å². The van der Waals surface area contributed by atoms with E-state index in [0.29, 0.717) is 6.61 Å². The van der Waals surface area contributed by atoms with Crippen LogP contribution in [-0.2, 0) is 23.5 Å². The summed E-state index contributed by atoms with van der Waals surface area (Å²) in [6, 6.07) is 0. The molecule has 0 rings (SSSR count). The Labute approximate surface area is 142 Å². The number of hydrogen-bond donors (Lipinski definition) is 0. The smallest absolute Gasteiger partial charge is 0.302 e. The molecule has 0 aromatic rings. The number of carbonyl (C=O) groups excluding carboxylic acids is 2. The molecule has 0 aliphatic heterocycles. The molecule has 0 radical (unpaired) electrons. The van der Waals surface area contributed by atoms with Crippen molar-refractivity contribution in [2.45, 2.75) is 72.7 Å². The fourth-order valence-corrected chi connectivity index (χ4v) is 3.09. The van der Waals surface area contributed by atoms with E-state index in [0.717, 1.165) is 0 Å². The molecule has 0 aromatic heterocycles. The first kappa shape index (κ1) is 22.1. The molecule has 6 heteroatoms. The third-order valence-electron chi connectivity index (χ3n) is 4.49. The van der Waals surface area contributed by atoms with Gasteiger partial charge in [0.1, 0.15) is 6.10 Å². The molecule has 0 amide bonds. The van der Waals surface area contributed by atoms with Crippen LogP contribution < -0.4 is 0 Å². The molecule has 5 nitrogen and oxygen atoms in total.